The molecule has 0 unspecified atom stereocenters. The van der Waals surface area contributed by atoms with Crippen LogP contribution in [0.15, 0.2) is 0 Å². The van der Waals surface area contributed by atoms with E-state index in [1.165, 1.54) is 0 Å². The van der Waals surface area contributed by atoms with Gasteiger partial charge in [-0.1, -0.05) is 13.8 Å². The Morgan fingerprint density at radius 3 is 2.38 bits per heavy atom. The smallest absolute Gasteiger partial charge is 0.222 e. The van der Waals surface area contributed by atoms with Crippen LogP contribution in [-0.4, -0.2) is 38.3 Å². The second kappa shape index (κ2) is 7.63. The Kier molecular flexibility index (Phi) is 7.34. The maximum absolute atomic E-state index is 11.2. The zero-order valence-corrected chi connectivity index (χ0v) is 11.2. The van der Waals surface area contributed by atoms with E-state index in [9.17, 15) is 4.79 Å². The summed E-state index contributed by atoms with van der Waals surface area (Å²) in [6, 6.07) is 0. The van der Waals surface area contributed by atoms with Crippen LogP contribution in [0, 0.1) is 5.92 Å². The molecular weight excluding hydrogens is 204 g/mol. The highest BCUT2D eigenvalue weighted by molar-refractivity contribution is 5.77. The Morgan fingerprint density at radius 1 is 1.25 bits per heavy atom. The second-order valence-electron chi connectivity index (χ2n) is 4.91. The van der Waals surface area contributed by atoms with Crippen LogP contribution in [0.2, 0.25) is 0 Å². The third kappa shape index (κ3) is 7.65. The number of methoxy groups -OCH3 is 1. The van der Waals surface area contributed by atoms with Crippen LogP contribution in [0.4, 0.5) is 0 Å². The molecule has 0 aromatic rings. The minimum atomic E-state index is -0.0752. The minimum absolute atomic E-state index is 0.0624. The van der Waals surface area contributed by atoms with Gasteiger partial charge in [0.2, 0.25) is 5.91 Å². The van der Waals surface area contributed by atoms with Crippen LogP contribution in [0.25, 0.3) is 0 Å². The van der Waals surface area contributed by atoms with E-state index in [0.29, 0.717) is 6.54 Å². The van der Waals surface area contributed by atoms with E-state index < -0.39 is 0 Å². The van der Waals surface area contributed by atoms with Gasteiger partial charge in [-0.3, -0.25) is 4.79 Å². The van der Waals surface area contributed by atoms with Crippen molar-refractivity contribution in [1.29, 1.82) is 0 Å². The maximum Gasteiger partial charge on any atom is 0.222 e. The molecule has 0 fully saturated rings. The number of carbonyl (C=O) groups is 1. The van der Waals surface area contributed by atoms with Crippen LogP contribution in [0.1, 0.15) is 34.1 Å². The molecule has 96 valence electrons. The first-order chi connectivity index (χ1) is 7.39. The van der Waals surface area contributed by atoms with Crippen molar-refractivity contribution in [2.24, 2.45) is 5.92 Å². The molecule has 2 N–H and O–H groups in total. The third-order valence-corrected chi connectivity index (χ3v) is 2.58. The van der Waals surface area contributed by atoms with E-state index >= 15 is 0 Å². The molecule has 0 aromatic carbocycles. The zero-order valence-electron chi connectivity index (χ0n) is 11.2. The van der Waals surface area contributed by atoms with Gasteiger partial charge in [0.1, 0.15) is 0 Å². The lowest BCUT2D eigenvalue weighted by Crippen LogP contribution is -2.36. The SMILES string of the molecule is COC(C)(C)CCNCCNC(=O)C(C)C. The first kappa shape index (κ1) is 15.4. The molecule has 0 aliphatic carbocycles. The highest BCUT2D eigenvalue weighted by Gasteiger charge is 2.14. The molecule has 16 heavy (non-hydrogen) atoms. The van der Waals surface area contributed by atoms with Gasteiger partial charge in [-0.05, 0) is 26.8 Å². The molecule has 4 heteroatoms. The molecule has 0 radical (unpaired) electrons. The predicted octanol–water partition coefficient (Wildman–Crippen LogP) is 1.16. The molecule has 1 amide bonds. The van der Waals surface area contributed by atoms with Crippen molar-refractivity contribution in [3.63, 3.8) is 0 Å². The van der Waals surface area contributed by atoms with E-state index in [-0.39, 0.29) is 17.4 Å². The van der Waals surface area contributed by atoms with Crippen LogP contribution in [0.5, 0.6) is 0 Å². The average Bonchev–Trinajstić information content (AvgIpc) is 2.22. The number of ether oxygens (including phenoxy) is 1. The van der Waals surface area contributed by atoms with Crippen LogP contribution < -0.4 is 10.6 Å². The molecule has 0 aliphatic heterocycles. The average molecular weight is 230 g/mol. The highest BCUT2D eigenvalue weighted by Crippen LogP contribution is 2.10. The van der Waals surface area contributed by atoms with Crippen molar-refractivity contribution in [1.82, 2.24) is 10.6 Å². The number of carbonyl (C=O) groups excluding carboxylic acids is 1. The molecular formula is C12H26N2O2. The van der Waals surface area contributed by atoms with Gasteiger partial charge >= 0.3 is 0 Å². The summed E-state index contributed by atoms with van der Waals surface area (Å²) in [4.78, 5) is 11.2. The monoisotopic (exact) mass is 230 g/mol. The summed E-state index contributed by atoms with van der Waals surface area (Å²) in [7, 11) is 1.73. The minimum Gasteiger partial charge on any atom is -0.379 e. The van der Waals surface area contributed by atoms with Gasteiger partial charge in [-0.25, -0.2) is 0 Å². The summed E-state index contributed by atoms with van der Waals surface area (Å²) in [6.07, 6.45) is 0.960. The third-order valence-electron chi connectivity index (χ3n) is 2.58. The molecule has 0 saturated carbocycles. The summed E-state index contributed by atoms with van der Waals surface area (Å²) in [5, 5.41) is 6.14. The van der Waals surface area contributed by atoms with Gasteiger partial charge in [0.15, 0.2) is 0 Å². The molecule has 0 heterocycles. The van der Waals surface area contributed by atoms with Crippen LogP contribution >= 0.6 is 0 Å². The Hall–Kier alpha value is -0.610. The van der Waals surface area contributed by atoms with Gasteiger partial charge in [0.25, 0.3) is 0 Å². The number of amides is 1. The van der Waals surface area contributed by atoms with Gasteiger partial charge < -0.3 is 15.4 Å². The van der Waals surface area contributed by atoms with Gasteiger partial charge in [-0.2, -0.15) is 0 Å². The molecule has 0 aliphatic rings. The molecule has 0 spiro atoms. The lowest BCUT2D eigenvalue weighted by molar-refractivity contribution is -0.123. The van der Waals surface area contributed by atoms with Crippen molar-refractivity contribution in [2.45, 2.75) is 39.7 Å². The normalized spacial score (nSPS) is 11.9. The molecule has 0 saturated heterocycles. The van der Waals surface area contributed by atoms with E-state index in [2.05, 4.69) is 24.5 Å². The molecule has 0 aromatic heterocycles. The first-order valence-electron chi connectivity index (χ1n) is 5.92. The quantitative estimate of drug-likeness (QED) is 0.615. The standard InChI is InChI=1S/C12H26N2O2/c1-10(2)11(15)14-9-8-13-7-6-12(3,4)16-5/h10,13H,6-9H2,1-5H3,(H,14,15). The highest BCUT2D eigenvalue weighted by atomic mass is 16.5. The van der Waals surface area contributed by atoms with E-state index in [1.54, 1.807) is 7.11 Å². The molecule has 4 nitrogen and oxygen atoms in total. The summed E-state index contributed by atoms with van der Waals surface area (Å²) in [6.45, 7) is 10.3. The molecule has 0 atom stereocenters. The summed E-state index contributed by atoms with van der Waals surface area (Å²) < 4.78 is 5.30. The van der Waals surface area contributed by atoms with Gasteiger partial charge in [0, 0.05) is 26.1 Å². The Morgan fingerprint density at radius 2 is 1.88 bits per heavy atom. The largest absolute Gasteiger partial charge is 0.379 e. The fourth-order valence-corrected chi connectivity index (χ4v) is 1.09. The summed E-state index contributed by atoms with van der Waals surface area (Å²) in [5.74, 6) is 0.173. The van der Waals surface area contributed by atoms with E-state index in [4.69, 9.17) is 4.74 Å². The number of nitrogens with one attached hydrogen (secondary N) is 2. The van der Waals surface area contributed by atoms with Crippen molar-refractivity contribution >= 4 is 5.91 Å². The number of hydrogen-bond donors (Lipinski definition) is 2. The van der Waals surface area contributed by atoms with Crippen molar-refractivity contribution < 1.29 is 9.53 Å². The van der Waals surface area contributed by atoms with Crippen LogP contribution in [0.3, 0.4) is 0 Å². The Bertz CT molecular complexity index is 203. The summed E-state index contributed by atoms with van der Waals surface area (Å²) >= 11 is 0. The maximum atomic E-state index is 11.2. The second-order valence-corrected chi connectivity index (χ2v) is 4.91. The van der Waals surface area contributed by atoms with Gasteiger partial charge in [0.05, 0.1) is 5.60 Å². The lowest BCUT2D eigenvalue weighted by atomic mass is 10.1. The number of rotatable bonds is 8. The number of hydrogen-bond acceptors (Lipinski definition) is 3. The fraction of sp³-hybridized carbons (Fsp3) is 0.917. The van der Waals surface area contributed by atoms with E-state index in [0.717, 1.165) is 19.5 Å². The molecule has 0 bridgehead atoms. The topological polar surface area (TPSA) is 50.4 Å². The van der Waals surface area contributed by atoms with Crippen molar-refractivity contribution in [3.05, 3.63) is 0 Å². The summed E-state index contributed by atoms with van der Waals surface area (Å²) in [5.41, 5.74) is -0.0752. The predicted molar refractivity (Wildman–Crippen MR) is 66.4 cm³/mol. The van der Waals surface area contributed by atoms with Crippen molar-refractivity contribution in [3.8, 4) is 0 Å². The zero-order chi connectivity index (χ0) is 12.6. The molecule has 0 rings (SSSR count). The van der Waals surface area contributed by atoms with Crippen molar-refractivity contribution in [2.75, 3.05) is 26.7 Å². The first-order valence-corrected chi connectivity index (χ1v) is 5.92. The van der Waals surface area contributed by atoms with Crippen LogP contribution in [-0.2, 0) is 9.53 Å². The fourth-order valence-electron chi connectivity index (χ4n) is 1.09. The Labute approximate surface area is 99.1 Å². The lowest BCUT2D eigenvalue weighted by Gasteiger charge is -2.22. The van der Waals surface area contributed by atoms with Gasteiger partial charge in [-0.15, -0.1) is 0 Å². The Balaban J connectivity index is 3.38. The van der Waals surface area contributed by atoms with E-state index in [1.807, 2.05) is 13.8 Å².